The number of nitrogens with one attached hydrogen (secondary N) is 1. The summed E-state index contributed by atoms with van der Waals surface area (Å²) in [6.45, 7) is 5.55. The number of benzene rings is 1. The van der Waals surface area contributed by atoms with Crippen molar-refractivity contribution in [2.45, 2.75) is 38.8 Å². The SMILES string of the molecule is Cc1cccc([C@H]2NC(=O)N(C)C3=C2C(=O)N([C@@H](C)C(=O)N2CCCC2)C3)c1. The zero-order valence-electron chi connectivity index (χ0n) is 16.6. The van der Waals surface area contributed by atoms with Crippen molar-refractivity contribution in [1.82, 2.24) is 20.0 Å². The molecule has 28 heavy (non-hydrogen) atoms. The summed E-state index contributed by atoms with van der Waals surface area (Å²) in [6.07, 6.45) is 2.02. The number of aryl methyl sites for hydroxylation is 1. The van der Waals surface area contributed by atoms with Gasteiger partial charge in [-0.1, -0.05) is 29.8 Å². The minimum atomic E-state index is -0.544. The molecule has 0 radical (unpaired) electrons. The zero-order chi connectivity index (χ0) is 20.0. The van der Waals surface area contributed by atoms with Crippen LogP contribution in [0.4, 0.5) is 4.79 Å². The summed E-state index contributed by atoms with van der Waals surface area (Å²) in [5.74, 6) is -0.187. The van der Waals surface area contributed by atoms with Crippen LogP contribution in [0.3, 0.4) is 0 Å². The molecule has 3 aliphatic rings. The molecule has 0 spiro atoms. The first-order valence-corrected chi connectivity index (χ1v) is 9.82. The molecule has 1 aromatic carbocycles. The summed E-state index contributed by atoms with van der Waals surface area (Å²) in [7, 11) is 1.67. The van der Waals surface area contributed by atoms with Crippen molar-refractivity contribution in [3.8, 4) is 0 Å². The van der Waals surface area contributed by atoms with Gasteiger partial charge in [0, 0.05) is 20.1 Å². The Balaban J connectivity index is 1.65. The molecule has 7 nitrogen and oxygen atoms in total. The van der Waals surface area contributed by atoms with Crippen molar-refractivity contribution in [1.29, 1.82) is 0 Å². The normalized spacial score (nSPS) is 23.2. The quantitative estimate of drug-likeness (QED) is 0.866. The van der Waals surface area contributed by atoms with E-state index in [2.05, 4.69) is 5.32 Å². The highest BCUT2D eigenvalue weighted by Crippen LogP contribution is 2.36. The smallest absolute Gasteiger partial charge is 0.322 e. The highest BCUT2D eigenvalue weighted by molar-refractivity contribution is 6.03. The molecule has 1 fully saturated rings. The Hall–Kier alpha value is -2.83. The molecule has 7 heteroatoms. The van der Waals surface area contributed by atoms with Crippen LogP contribution in [-0.4, -0.2) is 65.3 Å². The van der Waals surface area contributed by atoms with Crippen LogP contribution >= 0.6 is 0 Å². The van der Waals surface area contributed by atoms with Gasteiger partial charge in [-0.15, -0.1) is 0 Å². The monoisotopic (exact) mass is 382 g/mol. The molecule has 3 aliphatic heterocycles. The van der Waals surface area contributed by atoms with Crippen LogP contribution in [0.2, 0.25) is 0 Å². The topological polar surface area (TPSA) is 73.0 Å². The predicted molar refractivity (Wildman–Crippen MR) is 104 cm³/mol. The van der Waals surface area contributed by atoms with E-state index >= 15 is 0 Å². The summed E-state index contributed by atoms with van der Waals surface area (Å²) in [6, 6.07) is 6.53. The van der Waals surface area contributed by atoms with E-state index in [1.54, 1.807) is 18.9 Å². The van der Waals surface area contributed by atoms with Crippen molar-refractivity contribution in [2.75, 3.05) is 26.7 Å². The zero-order valence-corrected chi connectivity index (χ0v) is 16.6. The maximum Gasteiger partial charge on any atom is 0.322 e. The lowest BCUT2D eigenvalue weighted by Crippen LogP contribution is -2.47. The number of likely N-dealkylation sites (N-methyl/N-ethyl adjacent to an activating group) is 1. The molecule has 0 bridgehead atoms. The Morgan fingerprint density at radius 3 is 2.61 bits per heavy atom. The lowest BCUT2D eigenvalue weighted by atomic mass is 9.94. The average Bonchev–Trinajstić information content (AvgIpc) is 3.32. The fourth-order valence-corrected chi connectivity index (χ4v) is 4.34. The van der Waals surface area contributed by atoms with E-state index in [0.717, 1.165) is 37.1 Å². The summed E-state index contributed by atoms with van der Waals surface area (Å²) in [5, 5.41) is 2.94. The fourth-order valence-electron chi connectivity index (χ4n) is 4.34. The summed E-state index contributed by atoms with van der Waals surface area (Å²) in [4.78, 5) is 43.6. The van der Waals surface area contributed by atoms with Crippen molar-refractivity contribution in [3.05, 3.63) is 46.7 Å². The van der Waals surface area contributed by atoms with Gasteiger partial charge < -0.3 is 15.1 Å². The van der Waals surface area contributed by atoms with Gasteiger partial charge in [0.05, 0.1) is 23.9 Å². The molecule has 1 saturated heterocycles. The van der Waals surface area contributed by atoms with E-state index in [0.29, 0.717) is 11.3 Å². The number of urea groups is 1. The molecule has 0 aromatic heterocycles. The van der Waals surface area contributed by atoms with E-state index in [4.69, 9.17) is 0 Å². The maximum absolute atomic E-state index is 13.3. The van der Waals surface area contributed by atoms with Gasteiger partial charge in [0.1, 0.15) is 6.04 Å². The number of nitrogens with zero attached hydrogens (tertiary/aromatic N) is 3. The number of likely N-dealkylation sites (tertiary alicyclic amines) is 1. The van der Waals surface area contributed by atoms with E-state index in [-0.39, 0.29) is 24.4 Å². The minimum absolute atomic E-state index is 0.0141. The van der Waals surface area contributed by atoms with Crippen LogP contribution < -0.4 is 5.32 Å². The molecule has 148 valence electrons. The van der Waals surface area contributed by atoms with Crippen LogP contribution in [0.1, 0.15) is 36.9 Å². The first kappa shape index (κ1) is 18.5. The lowest BCUT2D eigenvalue weighted by Gasteiger charge is -2.31. The van der Waals surface area contributed by atoms with Crippen LogP contribution in [-0.2, 0) is 9.59 Å². The number of hydrogen-bond acceptors (Lipinski definition) is 3. The summed E-state index contributed by atoms with van der Waals surface area (Å²) in [5.41, 5.74) is 3.19. The summed E-state index contributed by atoms with van der Waals surface area (Å²) >= 11 is 0. The van der Waals surface area contributed by atoms with Crippen molar-refractivity contribution >= 4 is 17.8 Å². The standard InChI is InChI=1S/C21H26N4O3/c1-13-7-6-8-15(11-13)18-17-16(23(3)21(28)22-18)12-25(20(17)27)14(2)19(26)24-9-4-5-10-24/h6-8,11,14,18H,4-5,9-10,12H2,1-3H3,(H,22,28)/t14-,18+/m0/s1. The second-order valence-corrected chi connectivity index (χ2v) is 7.86. The third-order valence-corrected chi connectivity index (χ3v) is 6.01. The highest BCUT2D eigenvalue weighted by Gasteiger charge is 2.45. The van der Waals surface area contributed by atoms with Crippen molar-refractivity contribution in [3.63, 3.8) is 0 Å². The Kier molecular flexibility index (Phi) is 4.61. The number of hydrogen-bond donors (Lipinski definition) is 1. The Labute approximate surface area is 165 Å². The lowest BCUT2D eigenvalue weighted by molar-refractivity contribution is -0.141. The molecule has 0 saturated carbocycles. The first-order chi connectivity index (χ1) is 13.4. The van der Waals surface area contributed by atoms with Gasteiger partial charge in [0.2, 0.25) is 5.91 Å². The van der Waals surface area contributed by atoms with Crippen LogP contribution in [0.5, 0.6) is 0 Å². The average molecular weight is 382 g/mol. The first-order valence-electron chi connectivity index (χ1n) is 9.82. The Bertz CT molecular complexity index is 872. The molecular weight excluding hydrogens is 356 g/mol. The van der Waals surface area contributed by atoms with Crippen molar-refractivity contribution in [2.24, 2.45) is 0 Å². The molecule has 3 heterocycles. The third-order valence-electron chi connectivity index (χ3n) is 6.01. The molecule has 0 aliphatic carbocycles. The van der Waals surface area contributed by atoms with Crippen LogP contribution in [0.25, 0.3) is 0 Å². The summed E-state index contributed by atoms with van der Waals surface area (Å²) < 4.78 is 0. The van der Waals surface area contributed by atoms with Crippen LogP contribution in [0.15, 0.2) is 35.5 Å². The van der Waals surface area contributed by atoms with Crippen molar-refractivity contribution < 1.29 is 14.4 Å². The number of amides is 4. The molecule has 1 N–H and O–H groups in total. The van der Waals surface area contributed by atoms with E-state index in [1.165, 1.54) is 4.90 Å². The molecule has 0 unspecified atom stereocenters. The van der Waals surface area contributed by atoms with E-state index in [9.17, 15) is 14.4 Å². The van der Waals surface area contributed by atoms with E-state index in [1.807, 2.05) is 36.1 Å². The molecule has 1 aromatic rings. The van der Waals surface area contributed by atoms with Gasteiger partial charge in [0.15, 0.2) is 0 Å². The molecule has 2 atom stereocenters. The van der Waals surface area contributed by atoms with Gasteiger partial charge in [-0.25, -0.2) is 4.79 Å². The van der Waals surface area contributed by atoms with Gasteiger partial charge >= 0.3 is 6.03 Å². The van der Waals surface area contributed by atoms with Gasteiger partial charge in [-0.2, -0.15) is 0 Å². The fraction of sp³-hybridized carbons (Fsp3) is 0.476. The van der Waals surface area contributed by atoms with Gasteiger partial charge in [-0.05, 0) is 32.3 Å². The number of carbonyl (C=O) groups is 3. The minimum Gasteiger partial charge on any atom is -0.341 e. The van der Waals surface area contributed by atoms with Crippen LogP contribution in [0, 0.1) is 6.92 Å². The second kappa shape index (κ2) is 6.96. The van der Waals surface area contributed by atoms with E-state index < -0.39 is 12.1 Å². The third kappa shape index (κ3) is 2.95. The highest BCUT2D eigenvalue weighted by atomic mass is 16.2. The van der Waals surface area contributed by atoms with Gasteiger partial charge in [-0.3, -0.25) is 14.5 Å². The number of carbonyl (C=O) groups excluding carboxylic acids is 3. The molecule has 4 amide bonds. The van der Waals surface area contributed by atoms with Gasteiger partial charge in [0.25, 0.3) is 5.91 Å². The Morgan fingerprint density at radius 1 is 1.21 bits per heavy atom. The molecular formula is C21H26N4O3. The number of rotatable bonds is 3. The predicted octanol–water partition coefficient (Wildman–Crippen LogP) is 1.80. The maximum atomic E-state index is 13.3. The molecule has 4 rings (SSSR count). The second-order valence-electron chi connectivity index (χ2n) is 7.86. The largest absolute Gasteiger partial charge is 0.341 e. The Morgan fingerprint density at radius 2 is 1.93 bits per heavy atom.